The van der Waals surface area contributed by atoms with Crippen molar-refractivity contribution < 1.29 is 17.2 Å². The molecule has 0 N–H and O–H groups in total. The minimum atomic E-state index is -3.59. The molecule has 10 heteroatoms. The zero-order valence-corrected chi connectivity index (χ0v) is 17.6. The van der Waals surface area contributed by atoms with E-state index in [0.717, 1.165) is 19.3 Å². The number of hydrogen-bond acceptors (Lipinski definition) is 6. The van der Waals surface area contributed by atoms with Gasteiger partial charge >= 0.3 is 0 Å². The van der Waals surface area contributed by atoms with Crippen molar-refractivity contribution in [2.24, 2.45) is 12.5 Å². The van der Waals surface area contributed by atoms with Crippen LogP contribution in [0.2, 0.25) is 0 Å². The summed E-state index contributed by atoms with van der Waals surface area (Å²) in [5, 5.41) is 8.35. The van der Waals surface area contributed by atoms with Gasteiger partial charge in [0.1, 0.15) is 11.6 Å². The molecule has 2 aromatic heterocycles. The fourth-order valence-electron chi connectivity index (χ4n) is 4.32. The van der Waals surface area contributed by atoms with E-state index in [2.05, 4.69) is 15.2 Å². The van der Waals surface area contributed by atoms with E-state index in [-0.39, 0.29) is 22.2 Å². The second-order valence-electron chi connectivity index (χ2n) is 8.22. The van der Waals surface area contributed by atoms with E-state index < -0.39 is 10.0 Å². The number of imidazole rings is 1. The topological polar surface area (TPSA) is 94.1 Å². The number of aromatic nitrogens is 4. The maximum absolute atomic E-state index is 13.4. The van der Waals surface area contributed by atoms with E-state index in [9.17, 15) is 12.8 Å². The molecule has 1 atom stereocenters. The molecule has 0 amide bonds. The number of aryl methyl sites for hydroxylation is 2. The number of benzene rings is 1. The standard InChI is InChI=1S/C20H22FN5O3S/c1-13-22-17(12-25(13)2)30(27,28)26-8-6-20(7-9-26)11-16(20)19-24-23-18(29-19)14-4-3-5-15(21)10-14/h3-5,10,12,16H,6-9,11H2,1-2H3. The van der Waals surface area contributed by atoms with Crippen molar-refractivity contribution in [3.63, 3.8) is 0 Å². The van der Waals surface area contributed by atoms with Crippen molar-refractivity contribution >= 4 is 10.0 Å². The van der Waals surface area contributed by atoms with Gasteiger partial charge in [-0.1, -0.05) is 6.07 Å². The lowest BCUT2D eigenvalue weighted by Gasteiger charge is -2.31. The van der Waals surface area contributed by atoms with Crippen molar-refractivity contribution in [1.82, 2.24) is 24.1 Å². The highest BCUT2D eigenvalue weighted by molar-refractivity contribution is 7.89. The third-order valence-corrected chi connectivity index (χ3v) is 8.18. The normalized spacial score (nSPS) is 21.2. The fraction of sp³-hybridized carbons (Fsp3) is 0.450. The smallest absolute Gasteiger partial charge is 0.262 e. The first-order valence-electron chi connectivity index (χ1n) is 9.88. The molecule has 1 aliphatic heterocycles. The van der Waals surface area contributed by atoms with Gasteiger partial charge in [0, 0.05) is 37.8 Å². The van der Waals surface area contributed by atoms with Crippen LogP contribution in [0, 0.1) is 18.2 Å². The zero-order valence-electron chi connectivity index (χ0n) is 16.7. The number of nitrogens with zero attached hydrogens (tertiary/aromatic N) is 5. The predicted molar refractivity (Wildman–Crippen MR) is 105 cm³/mol. The third-order valence-electron chi connectivity index (χ3n) is 6.41. The van der Waals surface area contributed by atoms with E-state index in [1.807, 2.05) is 0 Å². The number of halogens is 1. The summed E-state index contributed by atoms with van der Waals surface area (Å²) in [6.07, 6.45) is 3.93. The molecule has 2 fully saturated rings. The van der Waals surface area contributed by atoms with E-state index in [1.54, 1.807) is 36.9 Å². The average Bonchev–Trinajstić information content (AvgIpc) is 3.04. The molecule has 1 unspecified atom stereocenters. The van der Waals surface area contributed by atoms with Gasteiger partial charge in [-0.15, -0.1) is 10.2 Å². The molecule has 1 saturated carbocycles. The van der Waals surface area contributed by atoms with Crippen LogP contribution in [0.5, 0.6) is 0 Å². The van der Waals surface area contributed by atoms with Gasteiger partial charge in [-0.05, 0) is 49.8 Å². The molecule has 1 spiro atoms. The van der Waals surface area contributed by atoms with Crippen molar-refractivity contribution in [2.75, 3.05) is 13.1 Å². The van der Waals surface area contributed by atoms with Crippen molar-refractivity contribution in [1.29, 1.82) is 0 Å². The fourth-order valence-corrected chi connectivity index (χ4v) is 5.78. The summed E-state index contributed by atoms with van der Waals surface area (Å²) in [4.78, 5) is 4.18. The van der Waals surface area contributed by atoms with Crippen LogP contribution in [0.15, 0.2) is 39.9 Å². The predicted octanol–water partition coefficient (Wildman–Crippen LogP) is 2.88. The molecule has 2 aliphatic rings. The van der Waals surface area contributed by atoms with Gasteiger partial charge in [0.15, 0.2) is 5.03 Å². The van der Waals surface area contributed by atoms with Gasteiger partial charge < -0.3 is 8.98 Å². The van der Waals surface area contributed by atoms with Gasteiger partial charge in [0.05, 0.1) is 0 Å². The van der Waals surface area contributed by atoms with Crippen LogP contribution in [0.4, 0.5) is 4.39 Å². The Morgan fingerprint density at radius 1 is 1.23 bits per heavy atom. The van der Waals surface area contributed by atoms with Crippen LogP contribution >= 0.6 is 0 Å². The average molecular weight is 431 g/mol. The number of sulfonamides is 1. The van der Waals surface area contributed by atoms with Crippen molar-refractivity contribution in [3.05, 3.63) is 48.0 Å². The van der Waals surface area contributed by atoms with E-state index >= 15 is 0 Å². The highest BCUT2D eigenvalue weighted by atomic mass is 32.2. The van der Waals surface area contributed by atoms with Crippen LogP contribution in [0.25, 0.3) is 11.5 Å². The summed E-state index contributed by atoms with van der Waals surface area (Å²) >= 11 is 0. The van der Waals surface area contributed by atoms with Gasteiger partial charge in [-0.3, -0.25) is 0 Å². The van der Waals surface area contributed by atoms with Crippen LogP contribution < -0.4 is 0 Å². The van der Waals surface area contributed by atoms with Crippen molar-refractivity contribution in [3.8, 4) is 11.5 Å². The van der Waals surface area contributed by atoms with E-state index in [0.29, 0.717) is 36.3 Å². The molecule has 3 aromatic rings. The Kier molecular flexibility index (Phi) is 4.33. The van der Waals surface area contributed by atoms with Crippen LogP contribution in [-0.2, 0) is 17.1 Å². The number of rotatable bonds is 4. The molecule has 0 bridgehead atoms. The van der Waals surface area contributed by atoms with Crippen molar-refractivity contribution in [2.45, 2.75) is 37.1 Å². The molecule has 0 radical (unpaired) electrons. The first kappa shape index (κ1) is 19.4. The van der Waals surface area contributed by atoms with E-state index in [1.165, 1.54) is 16.4 Å². The van der Waals surface area contributed by atoms with Gasteiger partial charge in [0.2, 0.25) is 11.8 Å². The first-order valence-corrected chi connectivity index (χ1v) is 11.3. The molecule has 1 aliphatic carbocycles. The van der Waals surface area contributed by atoms with Gasteiger partial charge in [0.25, 0.3) is 10.0 Å². The zero-order chi connectivity index (χ0) is 21.1. The Bertz CT molecular complexity index is 1190. The summed E-state index contributed by atoms with van der Waals surface area (Å²) in [5.41, 5.74) is 0.549. The Morgan fingerprint density at radius 3 is 2.67 bits per heavy atom. The molecular formula is C20H22FN5O3S. The van der Waals surface area contributed by atoms with Gasteiger partial charge in [-0.25, -0.2) is 17.8 Å². The molecular weight excluding hydrogens is 409 g/mol. The molecule has 158 valence electrons. The maximum Gasteiger partial charge on any atom is 0.262 e. The first-order chi connectivity index (χ1) is 14.3. The Labute approximate surface area is 173 Å². The van der Waals surface area contributed by atoms with Crippen LogP contribution in [0.3, 0.4) is 0 Å². The minimum absolute atomic E-state index is 0.00219. The maximum atomic E-state index is 13.4. The lowest BCUT2D eigenvalue weighted by Crippen LogP contribution is -2.39. The Hall–Kier alpha value is -2.59. The Morgan fingerprint density at radius 2 is 2.00 bits per heavy atom. The van der Waals surface area contributed by atoms with E-state index in [4.69, 9.17) is 4.42 Å². The molecule has 1 aromatic carbocycles. The van der Waals surface area contributed by atoms with Crippen LogP contribution in [0.1, 0.15) is 36.9 Å². The number of hydrogen-bond donors (Lipinski definition) is 0. The quantitative estimate of drug-likeness (QED) is 0.631. The Balaban J connectivity index is 1.28. The summed E-state index contributed by atoms with van der Waals surface area (Å²) in [6.45, 7) is 2.67. The monoisotopic (exact) mass is 431 g/mol. The van der Waals surface area contributed by atoms with Gasteiger partial charge in [-0.2, -0.15) is 4.31 Å². The summed E-state index contributed by atoms with van der Waals surface area (Å²) in [5.74, 6) is 1.28. The molecule has 5 rings (SSSR count). The molecule has 30 heavy (non-hydrogen) atoms. The summed E-state index contributed by atoms with van der Waals surface area (Å²) in [6, 6.07) is 6.06. The third kappa shape index (κ3) is 3.14. The highest BCUT2D eigenvalue weighted by Crippen LogP contribution is 2.64. The highest BCUT2D eigenvalue weighted by Gasteiger charge is 2.59. The minimum Gasteiger partial charge on any atom is -0.420 e. The summed E-state index contributed by atoms with van der Waals surface area (Å²) < 4.78 is 48.3. The molecule has 3 heterocycles. The molecule has 8 nitrogen and oxygen atoms in total. The summed E-state index contributed by atoms with van der Waals surface area (Å²) in [7, 11) is -1.81. The van der Waals surface area contributed by atoms with Crippen LogP contribution in [-0.4, -0.2) is 45.6 Å². The number of piperidine rings is 1. The largest absolute Gasteiger partial charge is 0.420 e. The molecule has 1 saturated heterocycles. The lowest BCUT2D eigenvalue weighted by atomic mass is 9.92. The SMILES string of the molecule is Cc1nc(S(=O)(=O)N2CCC3(CC2)CC3c2nnc(-c3cccc(F)c3)o2)cn1C. The lowest BCUT2D eigenvalue weighted by molar-refractivity contribution is 0.245. The second-order valence-corrected chi connectivity index (χ2v) is 10.1. The second kappa shape index (κ2) is 6.71.